The summed E-state index contributed by atoms with van der Waals surface area (Å²) in [7, 11) is 5.81. The van der Waals surface area contributed by atoms with Crippen molar-refractivity contribution in [2.75, 3.05) is 34.3 Å². The van der Waals surface area contributed by atoms with Gasteiger partial charge in [-0.25, -0.2) is 10.0 Å². The fourth-order valence-corrected chi connectivity index (χ4v) is 0.521. The van der Waals surface area contributed by atoms with Crippen LogP contribution in [-0.2, 0) is 9.53 Å². The molecule has 0 aromatic heterocycles. The maximum Gasteiger partial charge on any atom is 0.302 e. The van der Waals surface area contributed by atoms with Crippen molar-refractivity contribution < 1.29 is 9.53 Å². The zero-order chi connectivity index (χ0) is 8.85. The molecule has 11 heavy (non-hydrogen) atoms. The molecule has 0 radical (unpaired) electrons. The Labute approximate surface area is 67.7 Å². The molecule has 4 nitrogen and oxygen atoms in total. The second kappa shape index (κ2) is 5.09. The minimum atomic E-state index is -0.225. The van der Waals surface area contributed by atoms with Gasteiger partial charge in [0.25, 0.3) is 0 Å². The highest BCUT2D eigenvalue weighted by atomic mass is 16.5. The van der Waals surface area contributed by atoms with E-state index in [0.29, 0.717) is 6.61 Å². The third-order valence-electron chi connectivity index (χ3n) is 1.40. The largest absolute Gasteiger partial charge is 0.464 e. The third kappa shape index (κ3) is 5.82. The Morgan fingerprint density at radius 2 is 1.91 bits per heavy atom. The van der Waals surface area contributed by atoms with Gasteiger partial charge in [0.05, 0.1) is 0 Å². The monoisotopic (exact) mass is 160 g/mol. The Kier molecular flexibility index (Phi) is 4.81. The molecule has 0 amide bonds. The van der Waals surface area contributed by atoms with Crippen LogP contribution in [-0.4, -0.2) is 50.3 Å². The van der Waals surface area contributed by atoms with Gasteiger partial charge in [0.1, 0.15) is 6.61 Å². The van der Waals surface area contributed by atoms with Gasteiger partial charge in [0.2, 0.25) is 0 Å². The molecule has 0 aromatic carbocycles. The average Bonchev–Trinajstić information content (AvgIpc) is 1.86. The first kappa shape index (κ1) is 10.4. The van der Waals surface area contributed by atoms with Crippen molar-refractivity contribution in [2.24, 2.45) is 0 Å². The normalized spacial score (nSPS) is 10.7. The number of nitrogens with zero attached hydrogens (tertiary/aromatic N) is 2. The minimum absolute atomic E-state index is 0.225. The topological polar surface area (TPSA) is 32.8 Å². The van der Waals surface area contributed by atoms with Crippen LogP contribution in [0.1, 0.15) is 6.92 Å². The molecule has 0 aliphatic carbocycles. The van der Waals surface area contributed by atoms with E-state index in [0.717, 1.165) is 6.54 Å². The van der Waals surface area contributed by atoms with Gasteiger partial charge in [0, 0.05) is 34.6 Å². The predicted octanol–water partition coefficient (Wildman–Crippen LogP) is -0.0421. The Morgan fingerprint density at radius 1 is 1.36 bits per heavy atom. The molecule has 0 rings (SSSR count). The lowest BCUT2D eigenvalue weighted by Crippen LogP contribution is -2.35. The van der Waals surface area contributed by atoms with Gasteiger partial charge >= 0.3 is 5.97 Å². The molecule has 0 heterocycles. The summed E-state index contributed by atoms with van der Waals surface area (Å²) >= 11 is 0. The van der Waals surface area contributed by atoms with E-state index in [2.05, 4.69) is 0 Å². The number of esters is 1. The Bertz CT molecular complexity index is 126. The molecule has 0 atom stereocenters. The summed E-state index contributed by atoms with van der Waals surface area (Å²) in [4.78, 5) is 10.3. The van der Waals surface area contributed by atoms with Crippen molar-refractivity contribution in [1.29, 1.82) is 0 Å². The second-order valence-electron chi connectivity index (χ2n) is 2.57. The first-order chi connectivity index (χ1) is 5.04. The van der Waals surface area contributed by atoms with Gasteiger partial charge in [-0.1, -0.05) is 0 Å². The number of hydrazine groups is 1. The lowest BCUT2D eigenvalue weighted by molar-refractivity contribution is -0.142. The van der Waals surface area contributed by atoms with E-state index in [1.54, 1.807) is 0 Å². The van der Waals surface area contributed by atoms with Gasteiger partial charge in [-0.15, -0.1) is 0 Å². The van der Waals surface area contributed by atoms with Gasteiger partial charge in [-0.3, -0.25) is 4.79 Å². The summed E-state index contributed by atoms with van der Waals surface area (Å²) in [6, 6.07) is 0. The van der Waals surface area contributed by atoms with Crippen molar-refractivity contribution in [3.05, 3.63) is 0 Å². The number of hydrogen-bond acceptors (Lipinski definition) is 4. The molecular weight excluding hydrogens is 144 g/mol. The van der Waals surface area contributed by atoms with Crippen LogP contribution in [0.4, 0.5) is 0 Å². The summed E-state index contributed by atoms with van der Waals surface area (Å²) in [5.41, 5.74) is 0. The molecule has 0 aliphatic heterocycles. The number of carbonyl (C=O) groups is 1. The molecule has 4 heteroatoms. The fraction of sp³-hybridized carbons (Fsp3) is 0.857. The van der Waals surface area contributed by atoms with E-state index in [4.69, 9.17) is 4.74 Å². The molecule has 0 fully saturated rings. The highest BCUT2D eigenvalue weighted by Crippen LogP contribution is 1.85. The van der Waals surface area contributed by atoms with Crippen LogP contribution in [0.3, 0.4) is 0 Å². The van der Waals surface area contributed by atoms with E-state index in [1.807, 2.05) is 31.2 Å². The van der Waals surface area contributed by atoms with E-state index in [1.165, 1.54) is 6.92 Å². The lowest BCUT2D eigenvalue weighted by atomic mass is 10.6. The molecule has 0 unspecified atom stereocenters. The summed E-state index contributed by atoms with van der Waals surface area (Å²) in [5, 5.41) is 3.90. The van der Waals surface area contributed by atoms with Gasteiger partial charge in [-0.2, -0.15) is 0 Å². The van der Waals surface area contributed by atoms with E-state index in [9.17, 15) is 4.79 Å². The molecule has 0 saturated carbocycles. The molecule has 0 aromatic rings. The second-order valence-corrected chi connectivity index (χ2v) is 2.57. The zero-order valence-electron chi connectivity index (χ0n) is 7.63. The lowest BCUT2D eigenvalue weighted by Gasteiger charge is -2.23. The van der Waals surface area contributed by atoms with Crippen LogP contribution in [0, 0.1) is 0 Å². The molecule has 66 valence electrons. The number of ether oxygens (including phenoxy) is 1. The Hall–Kier alpha value is -0.610. The van der Waals surface area contributed by atoms with E-state index < -0.39 is 0 Å². The standard InChI is InChI=1S/C7H16N2O2/c1-7(10)11-6-5-9(4)8(2)3/h5-6H2,1-4H3. The highest BCUT2D eigenvalue weighted by Gasteiger charge is 2.00. The SMILES string of the molecule is CC(=O)OCCN(C)N(C)C. The van der Waals surface area contributed by atoms with Crippen LogP contribution in [0.15, 0.2) is 0 Å². The van der Waals surface area contributed by atoms with Crippen LogP contribution in [0.5, 0.6) is 0 Å². The number of carbonyl (C=O) groups excluding carboxylic acids is 1. The van der Waals surface area contributed by atoms with Crippen LogP contribution in [0.2, 0.25) is 0 Å². The quantitative estimate of drug-likeness (QED) is 0.426. The fourth-order valence-electron chi connectivity index (χ4n) is 0.521. The number of likely N-dealkylation sites (N-methyl/N-ethyl adjacent to an activating group) is 1. The smallest absolute Gasteiger partial charge is 0.302 e. The predicted molar refractivity (Wildman–Crippen MR) is 43.0 cm³/mol. The van der Waals surface area contributed by atoms with E-state index >= 15 is 0 Å². The molecule has 0 saturated heterocycles. The molecule has 0 spiro atoms. The minimum Gasteiger partial charge on any atom is -0.464 e. The highest BCUT2D eigenvalue weighted by molar-refractivity contribution is 5.65. The van der Waals surface area contributed by atoms with Crippen LogP contribution >= 0.6 is 0 Å². The zero-order valence-corrected chi connectivity index (χ0v) is 7.63. The van der Waals surface area contributed by atoms with Crippen molar-refractivity contribution in [1.82, 2.24) is 10.0 Å². The molecule has 0 aliphatic rings. The first-order valence-corrected chi connectivity index (χ1v) is 3.55. The summed E-state index contributed by atoms with van der Waals surface area (Å²) in [5.74, 6) is -0.225. The third-order valence-corrected chi connectivity index (χ3v) is 1.40. The van der Waals surface area contributed by atoms with Gasteiger partial charge in [-0.05, 0) is 0 Å². The Balaban J connectivity index is 3.31. The Morgan fingerprint density at radius 3 is 2.27 bits per heavy atom. The maximum absolute atomic E-state index is 10.3. The van der Waals surface area contributed by atoms with E-state index in [-0.39, 0.29) is 5.97 Å². The summed E-state index contributed by atoms with van der Waals surface area (Å²) in [6.45, 7) is 2.59. The van der Waals surface area contributed by atoms with Crippen molar-refractivity contribution in [2.45, 2.75) is 6.92 Å². The van der Waals surface area contributed by atoms with Gasteiger partial charge in [0.15, 0.2) is 0 Å². The number of hydrogen-bond donors (Lipinski definition) is 0. The molecule has 0 bridgehead atoms. The van der Waals surface area contributed by atoms with Gasteiger partial charge < -0.3 is 4.74 Å². The van der Waals surface area contributed by atoms with Crippen molar-refractivity contribution >= 4 is 5.97 Å². The average molecular weight is 160 g/mol. The molecule has 0 N–H and O–H groups in total. The van der Waals surface area contributed by atoms with Crippen LogP contribution < -0.4 is 0 Å². The maximum atomic E-state index is 10.3. The van der Waals surface area contributed by atoms with Crippen molar-refractivity contribution in [3.63, 3.8) is 0 Å². The van der Waals surface area contributed by atoms with Crippen molar-refractivity contribution in [3.8, 4) is 0 Å². The van der Waals surface area contributed by atoms with Crippen LogP contribution in [0.25, 0.3) is 0 Å². The first-order valence-electron chi connectivity index (χ1n) is 3.55. The number of rotatable bonds is 4. The molecular formula is C7H16N2O2. The summed E-state index contributed by atoms with van der Waals surface area (Å²) in [6.07, 6.45) is 0. The summed E-state index contributed by atoms with van der Waals surface area (Å²) < 4.78 is 4.76.